The number of esters is 1. The molecule has 0 saturated heterocycles. The van der Waals surface area contributed by atoms with E-state index in [9.17, 15) is 18.8 Å². The summed E-state index contributed by atoms with van der Waals surface area (Å²) in [6, 6.07) is 5.09. The van der Waals surface area contributed by atoms with Crippen LogP contribution in [0.1, 0.15) is 29.2 Å². The zero-order valence-electron chi connectivity index (χ0n) is 15.2. The Morgan fingerprint density at radius 2 is 1.89 bits per heavy atom. The van der Waals surface area contributed by atoms with Crippen LogP contribution in [0.15, 0.2) is 24.3 Å². The van der Waals surface area contributed by atoms with E-state index in [4.69, 9.17) is 4.74 Å². The van der Waals surface area contributed by atoms with Crippen molar-refractivity contribution in [3.8, 4) is 10.6 Å². The highest BCUT2D eigenvalue weighted by atomic mass is 32.1. The van der Waals surface area contributed by atoms with Gasteiger partial charge in [0.25, 0.3) is 5.91 Å². The molecule has 2 N–H and O–H groups in total. The van der Waals surface area contributed by atoms with E-state index in [1.54, 1.807) is 19.1 Å². The van der Waals surface area contributed by atoms with Gasteiger partial charge >= 0.3 is 12.0 Å². The summed E-state index contributed by atoms with van der Waals surface area (Å²) in [6.45, 7) is 5.31. The van der Waals surface area contributed by atoms with Crippen LogP contribution in [0.5, 0.6) is 0 Å². The van der Waals surface area contributed by atoms with E-state index in [1.807, 2.05) is 13.8 Å². The molecule has 7 nitrogen and oxygen atoms in total. The second kappa shape index (κ2) is 9.22. The van der Waals surface area contributed by atoms with Crippen molar-refractivity contribution in [3.05, 3.63) is 40.7 Å². The van der Waals surface area contributed by atoms with Crippen LogP contribution in [-0.2, 0) is 9.53 Å². The highest BCUT2D eigenvalue weighted by Crippen LogP contribution is 2.28. The fourth-order valence-corrected chi connectivity index (χ4v) is 2.97. The number of hydrogen-bond donors (Lipinski definition) is 2. The van der Waals surface area contributed by atoms with Crippen LogP contribution >= 0.6 is 11.3 Å². The van der Waals surface area contributed by atoms with Gasteiger partial charge in [-0.1, -0.05) is 13.8 Å². The third-order valence-corrected chi connectivity index (χ3v) is 4.52. The quantitative estimate of drug-likeness (QED) is 0.736. The fraction of sp³-hybridized carbons (Fsp3) is 0.333. The number of aromatic nitrogens is 1. The van der Waals surface area contributed by atoms with Gasteiger partial charge in [-0.25, -0.2) is 19.0 Å². The zero-order valence-corrected chi connectivity index (χ0v) is 16.0. The Kier molecular flexibility index (Phi) is 7.00. The molecule has 2 rings (SSSR count). The summed E-state index contributed by atoms with van der Waals surface area (Å²) in [5.41, 5.74) is 1.11. The lowest BCUT2D eigenvalue weighted by Crippen LogP contribution is -2.42. The molecular weight excluding hydrogens is 373 g/mol. The number of thiazole rings is 1. The molecule has 1 aromatic heterocycles. The highest BCUT2D eigenvalue weighted by molar-refractivity contribution is 7.17. The van der Waals surface area contributed by atoms with Crippen molar-refractivity contribution in [2.75, 3.05) is 13.2 Å². The van der Waals surface area contributed by atoms with Gasteiger partial charge in [0.05, 0.1) is 5.69 Å². The van der Waals surface area contributed by atoms with Crippen LogP contribution < -0.4 is 10.6 Å². The van der Waals surface area contributed by atoms with Gasteiger partial charge in [-0.3, -0.25) is 10.1 Å². The Balaban J connectivity index is 1.91. The molecule has 0 aliphatic carbocycles. The lowest BCUT2D eigenvalue weighted by Gasteiger charge is -2.08. The summed E-state index contributed by atoms with van der Waals surface area (Å²) in [5, 5.41) is 5.14. The zero-order chi connectivity index (χ0) is 20.0. The Morgan fingerprint density at radius 1 is 1.22 bits per heavy atom. The number of carbonyl (C=O) groups is 3. The molecule has 144 valence electrons. The molecule has 0 unspecified atom stereocenters. The minimum absolute atomic E-state index is 0.242. The minimum atomic E-state index is -0.731. The van der Waals surface area contributed by atoms with Gasteiger partial charge < -0.3 is 10.1 Å². The van der Waals surface area contributed by atoms with Crippen LogP contribution in [0.3, 0.4) is 0 Å². The third kappa shape index (κ3) is 6.14. The van der Waals surface area contributed by atoms with E-state index in [-0.39, 0.29) is 16.6 Å². The van der Waals surface area contributed by atoms with E-state index in [2.05, 4.69) is 15.6 Å². The Labute approximate surface area is 159 Å². The maximum Gasteiger partial charge on any atom is 0.350 e. The number of nitrogens with zero attached hydrogens (tertiary/aromatic N) is 1. The van der Waals surface area contributed by atoms with Crippen molar-refractivity contribution in [1.82, 2.24) is 15.6 Å². The van der Waals surface area contributed by atoms with Crippen molar-refractivity contribution >= 4 is 29.2 Å². The number of urea groups is 1. The summed E-state index contributed by atoms with van der Waals surface area (Å²) >= 11 is 1.08. The summed E-state index contributed by atoms with van der Waals surface area (Å²) in [4.78, 5) is 39.9. The lowest BCUT2D eigenvalue weighted by atomic mass is 10.2. The molecular formula is C18H20FN3O4S. The summed E-state index contributed by atoms with van der Waals surface area (Å²) < 4.78 is 18.0. The van der Waals surface area contributed by atoms with Crippen molar-refractivity contribution < 1.29 is 23.5 Å². The Morgan fingerprint density at radius 3 is 2.52 bits per heavy atom. The number of halogens is 1. The fourth-order valence-electron chi connectivity index (χ4n) is 2.00. The summed E-state index contributed by atoms with van der Waals surface area (Å²) in [7, 11) is 0. The molecule has 0 radical (unpaired) electrons. The van der Waals surface area contributed by atoms with Crippen molar-refractivity contribution in [2.45, 2.75) is 20.8 Å². The van der Waals surface area contributed by atoms with Gasteiger partial charge in [-0.15, -0.1) is 11.3 Å². The maximum absolute atomic E-state index is 13.0. The number of rotatable bonds is 6. The second-order valence-electron chi connectivity index (χ2n) is 6.17. The third-order valence-electron chi connectivity index (χ3n) is 3.33. The van der Waals surface area contributed by atoms with Crippen molar-refractivity contribution in [1.29, 1.82) is 0 Å². The average molecular weight is 393 g/mol. The molecule has 1 heterocycles. The SMILES string of the molecule is Cc1nc(-c2ccc(F)cc2)sc1C(=O)OCC(=O)NC(=O)NCC(C)C. The predicted molar refractivity (Wildman–Crippen MR) is 98.9 cm³/mol. The first-order valence-corrected chi connectivity index (χ1v) is 9.06. The van der Waals surface area contributed by atoms with Crippen LogP contribution in [0.2, 0.25) is 0 Å². The van der Waals surface area contributed by atoms with Gasteiger partial charge in [-0.05, 0) is 37.1 Å². The van der Waals surface area contributed by atoms with Crippen LogP contribution in [-0.4, -0.2) is 36.0 Å². The normalized spacial score (nSPS) is 10.6. The Bertz CT molecular complexity index is 834. The van der Waals surface area contributed by atoms with E-state index in [1.165, 1.54) is 12.1 Å². The molecule has 27 heavy (non-hydrogen) atoms. The highest BCUT2D eigenvalue weighted by Gasteiger charge is 2.19. The largest absolute Gasteiger partial charge is 0.451 e. The maximum atomic E-state index is 13.0. The number of amides is 3. The van der Waals surface area contributed by atoms with Gasteiger partial charge in [0.2, 0.25) is 0 Å². The summed E-state index contributed by atoms with van der Waals surface area (Å²) in [5.74, 6) is -1.56. The first-order chi connectivity index (χ1) is 12.8. The molecule has 1 aromatic carbocycles. The van der Waals surface area contributed by atoms with Crippen molar-refractivity contribution in [2.24, 2.45) is 5.92 Å². The van der Waals surface area contributed by atoms with Crippen LogP contribution in [0.4, 0.5) is 9.18 Å². The first kappa shape index (κ1) is 20.5. The minimum Gasteiger partial charge on any atom is -0.451 e. The van der Waals surface area contributed by atoms with E-state index >= 15 is 0 Å². The topological polar surface area (TPSA) is 97.4 Å². The number of nitrogens with one attached hydrogen (secondary N) is 2. The molecule has 0 bridgehead atoms. The van der Waals surface area contributed by atoms with Gasteiger partial charge in [0.1, 0.15) is 15.7 Å². The van der Waals surface area contributed by atoms with E-state index in [0.717, 1.165) is 11.3 Å². The first-order valence-electron chi connectivity index (χ1n) is 8.24. The number of benzene rings is 1. The van der Waals surface area contributed by atoms with Crippen LogP contribution in [0.25, 0.3) is 10.6 Å². The number of hydrogen-bond acceptors (Lipinski definition) is 6. The molecule has 2 aromatic rings. The molecule has 0 spiro atoms. The number of aryl methyl sites for hydroxylation is 1. The number of imide groups is 1. The van der Waals surface area contributed by atoms with Gasteiger partial charge in [0.15, 0.2) is 6.61 Å². The average Bonchev–Trinajstić information content (AvgIpc) is 3.00. The number of carbonyl (C=O) groups excluding carboxylic acids is 3. The summed E-state index contributed by atoms with van der Waals surface area (Å²) in [6.07, 6.45) is 0. The van der Waals surface area contributed by atoms with Crippen molar-refractivity contribution in [3.63, 3.8) is 0 Å². The van der Waals surface area contributed by atoms with Gasteiger partial charge in [-0.2, -0.15) is 0 Å². The molecule has 0 atom stereocenters. The molecule has 0 fully saturated rings. The predicted octanol–water partition coefficient (Wildman–Crippen LogP) is 2.90. The Hall–Kier alpha value is -2.81. The number of ether oxygens (including phenoxy) is 1. The lowest BCUT2D eigenvalue weighted by molar-refractivity contribution is -0.123. The van der Waals surface area contributed by atoms with E-state index < -0.39 is 24.5 Å². The smallest absolute Gasteiger partial charge is 0.350 e. The monoisotopic (exact) mass is 393 g/mol. The molecule has 0 aliphatic rings. The second-order valence-corrected chi connectivity index (χ2v) is 7.17. The molecule has 3 amide bonds. The molecule has 0 aliphatic heterocycles. The van der Waals surface area contributed by atoms with Gasteiger partial charge in [0, 0.05) is 12.1 Å². The molecule has 9 heteroatoms. The molecule has 0 saturated carbocycles. The van der Waals surface area contributed by atoms with E-state index in [0.29, 0.717) is 22.8 Å². The van der Waals surface area contributed by atoms with Crippen LogP contribution in [0, 0.1) is 18.7 Å². The standard InChI is InChI=1S/C18H20FN3O4S/c1-10(2)8-20-18(25)22-14(23)9-26-17(24)15-11(3)21-16(27-15)12-4-6-13(19)7-5-12/h4-7,10H,8-9H2,1-3H3,(H2,20,22,23,25).